The van der Waals surface area contributed by atoms with E-state index < -0.39 is 5.91 Å². The SMILES string of the molecule is CC1(C)CCCN1c1ccn2ncc(C(N)=O)c2n1. The van der Waals surface area contributed by atoms with E-state index >= 15 is 0 Å². The standard InChI is InChI=1S/C13H17N5O/c1-13(2)5-3-6-17(13)10-4-7-18-12(16-10)9(8-15-18)11(14)19/h4,7-8H,3,5-6H2,1-2H3,(H2,14,19). The second-order valence-electron chi connectivity index (χ2n) is 5.54. The molecule has 0 bridgehead atoms. The van der Waals surface area contributed by atoms with E-state index in [1.807, 2.05) is 12.3 Å². The van der Waals surface area contributed by atoms with Gasteiger partial charge in [-0.05, 0) is 32.8 Å². The Morgan fingerprint density at radius 3 is 2.89 bits per heavy atom. The van der Waals surface area contributed by atoms with E-state index in [0.29, 0.717) is 11.2 Å². The highest BCUT2D eigenvalue weighted by atomic mass is 16.1. The highest BCUT2D eigenvalue weighted by molar-refractivity contribution is 5.98. The molecule has 0 radical (unpaired) electrons. The van der Waals surface area contributed by atoms with Crippen molar-refractivity contribution in [3.63, 3.8) is 0 Å². The third-order valence-corrected chi connectivity index (χ3v) is 3.80. The molecule has 3 rings (SSSR count). The van der Waals surface area contributed by atoms with Gasteiger partial charge in [0.1, 0.15) is 11.4 Å². The number of nitrogens with zero attached hydrogens (tertiary/aromatic N) is 4. The molecule has 3 heterocycles. The summed E-state index contributed by atoms with van der Waals surface area (Å²) in [6, 6.07) is 1.93. The zero-order chi connectivity index (χ0) is 13.6. The smallest absolute Gasteiger partial charge is 0.254 e. The average molecular weight is 259 g/mol. The molecule has 2 N–H and O–H groups in total. The first-order valence-electron chi connectivity index (χ1n) is 6.41. The molecule has 0 saturated carbocycles. The van der Waals surface area contributed by atoms with E-state index in [-0.39, 0.29) is 5.54 Å². The normalized spacial score (nSPS) is 18.1. The third kappa shape index (κ3) is 1.83. The van der Waals surface area contributed by atoms with Gasteiger partial charge in [-0.25, -0.2) is 9.50 Å². The van der Waals surface area contributed by atoms with Crippen LogP contribution in [-0.4, -0.2) is 32.6 Å². The van der Waals surface area contributed by atoms with Crippen LogP contribution in [0.1, 0.15) is 37.0 Å². The molecule has 19 heavy (non-hydrogen) atoms. The summed E-state index contributed by atoms with van der Waals surface area (Å²) in [6.45, 7) is 5.39. The molecule has 6 heteroatoms. The monoisotopic (exact) mass is 259 g/mol. The average Bonchev–Trinajstić information content (AvgIpc) is 2.90. The summed E-state index contributed by atoms with van der Waals surface area (Å²) in [6.07, 6.45) is 5.58. The number of hydrogen-bond acceptors (Lipinski definition) is 4. The highest BCUT2D eigenvalue weighted by Crippen LogP contribution is 2.32. The molecule has 2 aromatic heterocycles. The van der Waals surface area contributed by atoms with E-state index in [1.54, 1.807) is 4.52 Å². The minimum absolute atomic E-state index is 0.0955. The number of nitrogens with two attached hydrogens (primary N) is 1. The summed E-state index contributed by atoms with van der Waals surface area (Å²) < 4.78 is 1.58. The lowest BCUT2D eigenvalue weighted by molar-refractivity contribution is 0.100. The predicted molar refractivity (Wildman–Crippen MR) is 72.2 cm³/mol. The Hall–Kier alpha value is -2.11. The van der Waals surface area contributed by atoms with Crippen LogP contribution in [0.2, 0.25) is 0 Å². The zero-order valence-electron chi connectivity index (χ0n) is 11.1. The second-order valence-corrected chi connectivity index (χ2v) is 5.54. The summed E-state index contributed by atoms with van der Waals surface area (Å²) in [5, 5.41) is 4.08. The number of primary amides is 1. The fraction of sp³-hybridized carbons (Fsp3) is 0.462. The van der Waals surface area contributed by atoms with Crippen LogP contribution in [0.3, 0.4) is 0 Å². The molecule has 0 spiro atoms. The number of aromatic nitrogens is 3. The molecule has 1 fully saturated rings. The lowest BCUT2D eigenvalue weighted by Gasteiger charge is -2.32. The van der Waals surface area contributed by atoms with Crippen molar-refractivity contribution in [2.24, 2.45) is 5.73 Å². The van der Waals surface area contributed by atoms with Crippen molar-refractivity contribution < 1.29 is 4.79 Å². The van der Waals surface area contributed by atoms with Crippen LogP contribution in [0.25, 0.3) is 5.65 Å². The summed E-state index contributed by atoms with van der Waals surface area (Å²) in [5.41, 5.74) is 6.31. The van der Waals surface area contributed by atoms with Gasteiger partial charge in [0.2, 0.25) is 0 Å². The van der Waals surface area contributed by atoms with Crippen molar-refractivity contribution in [1.82, 2.24) is 14.6 Å². The largest absolute Gasteiger partial charge is 0.365 e. The molecule has 1 saturated heterocycles. The third-order valence-electron chi connectivity index (χ3n) is 3.80. The van der Waals surface area contributed by atoms with E-state index in [9.17, 15) is 4.79 Å². The maximum Gasteiger partial charge on any atom is 0.254 e. The number of amides is 1. The molecule has 0 aliphatic carbocycles. The molecule has 2 aromatic rings. The number of hydrogen-bond donors (Lipinski definition) is 1. The van der Waals surface area contributed by atoms with Crippen LogP contribution in [-0.2, 0) is 0 Å². The Balaban J connectivity index is 2.10. The molecule has 0 atom stereocenters. The topological polar surface area (TPSA) is 76.5 Å². The van der Waals surface area contributed by atoms with Crippen LogP contribution < -0.4 is 10.6 Å². The van der Waals surface area contributed by atoms with Gasteiger partial charge in [0.25, 0.3) is 5.91 Å². The molecule has 1 aliphatic rings. The van der Waals surface area contributed by atoms with Crippen molar-refractivity contribution in [2.75, 3.05) is 11.4 Å². The van der Waals surface area contributed by atoms with Gasteiger partial charge in [-0.2, -0.15) is 5.10 Å². The van der Waals surface area contributed by atoms with Crippen LogP contribution in [0, 0.1) is 0 Å². The minimum Gasteiger partial charge on any atom is -0.365 e. The number of anilines is 1. The number of rotatable bonds is 2. The molecular formula is C13H17N5O. The Morgan fingerprint density at radius 2 is 2.26 bits per heavy atom. The molecule has 1 aliphatic heterocycles. The van der Waals surface area contributed by atoms with Crippen molar-refractivity contribution in [2.45, 2.75) is 32.2 Å². The second kappa shape index (κ2) is 3.94. The zero-order valence-corrected chi connectivity index (χ0v) is 11.1. The van der Waals surface area contributed by atoms with Crippen molar-refractivity contribution in [1.29, 1.82) is 0 Å². The molecule has 0 aromatic carbocycles. The minimum atomic E-state index is -0.500. The van der Waals surface area contributed by atoms with Crippen molar-refractivity contribution in [3.05, 3.63) is 24.0 Å². The first-order chi connectivity index (χ1) is 8.99. The summed E-state index contributed by atoms with van der Waals surface area (Å²) >= 11 is 0. The van der Waals surface area contributed by atoms with Crippen LogP contribution in [0.5, 0.6) is 0 Å². The summed E-state index contributed by atoms with van der Waals surface area (Å²) in [7, 11) is 0. The predicted octanol–water partition coefficient (Wildman–Crippen LogP) is 1.21. The first-order valence-corrected chi connectivity index (χ1v) is 6.41. The van der Waals surface area contributed by atoms with Gasteiger partial charge in [-0.1, -0.05) is 0 Å². The summed E-state index contributed by atoms with van der Waals surface area (Å²) in [4.78, 5) is 18.2. The molecule has 6 nitrogen and oxygen atoms in total. The van der Waals surface area contributed by atoms with Crippen LogP contribution in [0.15, 0.2) is 18.5 Å². The van der Waals surface area contributed by atoms with Gasteiger partial charge in [-0.3, -0.25) is 4.79 Å². The van der Waals surface area contributed by atoms with Gasteiger partial charge < -0.3 is 10.6 Å². The molecular weight excluding hydrogens is 242 g/mol. The lowest BCUT2D eigenvalue weighted by atomic mass is 10.0. The number of carbonyl (C=O) groups is 1. The highest BCUT2D eigenvalue weighted by Gasteiger charge is 2.33. The summed E-state index contributed by atoms with van der Waals surface area (Å²) in [5.74, 6) is 0.373. The van der Waals surface area contributed by atoms with Gasteiger partial charge in [0.15, 0.2) is 5.65 Å². The van der Waals surface area contributed by atoms with E-state index in [1.165, 1.54) is 6.20 Å². The van der Waals surface area contributed by atoms with Gasteiger partial charge in [0.05, 0.1) is 6.20 Å². The van der Waals surface area contributed by atoms with Gasteiger partial charge in [0, 0.05) is 18.3 Å². The number of carbonyl (C=O) groups excluding carboxylic acids is 1. The fourth-order valence-electron chi connectivity index (χ4n) is 2.72. The Kier molecular flexibility index (Phi) is 2.48. The Morgan fingerprint density at radius 1 is 1.47 bits per heavy atom. The Labute approximate surface area is 111 Å². The van der Waals surface area contributed by atoms with Crippen LogP contribution >= 0.6 is 0 Å². The molecule has 0 unspecified atom stereocenters. The maximum absolute atomic E-state index is 11.4. The number of fused-ring (bicyclic) bond motifs is 1. The van der Waals surface area contributed by atoms with Gasteiger partial charge in [-0.15, -0.1) is 0 Å². The maximum atomic E-state index is 11.4. The van der Waals surface area contributed by atoms with Crippen molar-refractivity contribution in [3.8, 4) is 0 Å². The van der Waals surface area contributed by atoms with Gasteiger partial charge >= 0.3 is 0 Å². The van der Waals surface area contributed by atoms with E-state index in [2.05, 4.69) is 28.8 Å². The molecule has 100 valence electrons. The van der Waals surface area contributed by atoms with Crippen molar-refractivity contribution >= 4 is 17.4 Å². The fourth-order valence-corrected chi connectivity index (χ4v) is 2.72. The Bertz CT molecular complexity index is 646. The first kappa shape index (κ1) is 12.0. The van der Waals surface area contributed by atoms with Crippen LogP contribution in [0.4, 0.5) is 5.82 Å². The van der Waals surface area contributed by atoms with E-state index in [0.717, 1.165) is 25.2 Å². The van der Waals surface area contributed by atoms with E-state index in [4.69, 9.17) is 5.73 Å². The lowest BCUT2D eigenvalue weighted by Crippen LogP contribution is -2.38. The molecule has 1 amide bonds. The quantitative estimate of drug-likeness (QED) is 0.879.